The molecule has 1 amide bonds. The Labute approximate surface area is 189 Å². The first-order valence-corrected chi connectivity index (χ1v) is 10.7. The van der Waals surface area contributed by atoms with Gasteiger partial charge in [-0.25, -0.2) is 4.79 Å². The van der Waals surface area contributed by atoms with E-state index in [2.05, 4.69) is 11.2 Å². The maximum absolute atomic E-state index is 13.3. The van der Waals surface area contributed by atoms with E-state index in [1.165, 1.54) is 0 Å². The van der Waals surface area contributed by atoms with Crippen LogP contribution in [0.15, 0.2) is 91.0 Å². The second-order valence-corrected chi connectivity index (χ2v) is 7.73. The minimum absolute atomic E-state index is 0.0734. The molecule has 4 nitrogen and oxygen atoms in total. The molecule has 2 N–H and O–H groups in total. The molecular formula is C28H27NO3. The lowest BCUT2D eigenvalue weighted by Gasteiger charge is -2.36. The smallest absolute Gasteiger partial charge is 0.326 e. The van der Waals surface area contributed by atoms with Crippen molar-refractivity contribution in [2.75, 3.05) is 0 Å². The summed E-state index contributed by atoms with van der Waals surface area (Å²) in [6.45, 7) is 0. The van der Waals surface area contributed by atoms with E-state index in [1.807, 2.05) is 91.0 Å². The zero-order chi connectivity index (χ0) is 22.8. The first-order valence-electron chi connectivity index (χ1n) is 10.7. The third-order valence-corrected chi connectivity index (χ3v) is 5.67. The van der Waals surface area contributed by atoms with Crippen LogP contribution in [-0.2, 0) is 15.0 Å². The van der Waals surface area contributed by atoms with Crippen molar-refractivity contribution in [1.82, 2.24) is 5.32 Å². The number of carboxylic acid groups (broad SMARTS) is 1. The highest BCUT2D eigenvalue weighted by molar-refractivity contribution is 5.85. The molecule has 0 saturated heterocycles. The monoisotopic (exact) mass is 425 g/mol. The standard InChI is InChI=1S/C28H27NO3/c1-2-3-7-20-25(27(31)32)29-26(30)21-28(22-14-8-4-9-15-22,23-16-10-5-11-17-23)24-18-12-6-13-19-24/h1,4-6,8-19,25H,3,7,20-21H2,(H,29,30)(H,31,32)/t25-/m0/s1. The fourth-order valence-electron chi connectivity index (χ4n) is 4.13. The van der Waals surface area contributed by atoms with Crippen LogP contribution in [0.1, 0.15) is 42.4 Å². The van der Waals surface area contributed by atoms with Crippen LogP contribution in [0.4, 0.5) is 0 Å². The van der Waals surface area contributed by atoms with Gasteiger partial charge in [0.15, 0.2) is 0 Å². The number of carbonyl (C=O) groups excluding carboxylic acids is 1. The SMILES string of the molecule is C#CCCC[C@H](NC(=O)CC(c1ccccc1)(c1ccccc1)c1ccccc1)C(=O)O. The largest absolute Gasteiger partial charge is 0.480 e. The minimum Gasteiger partial charge on any atom is -0.480 e. The molecule has 0 saturated carbocycles. The van der Waals surface area contributed by atoms with Crippen LogP contribution in [0.5, 0.6) is 0 Å². The van der Waals surface area contributed by atoms with E-state index in [4.69, 9.17) is 6.42 Å². The number of hydrogen-bond donors (Lipinski definition) is 2. The van der Waals surface area contributed by atoms with E-state index >= 15 is 0 Å². The molecule has 0 heterocycles. The van der Waals surface area contributed by atoms with Gasteiger partial charge < -0.3 is 10.4 Å². The molecule has 4 heteroatoms. The van der Waals surface area contributed by atoms with Crippen LogP contribution < -0.4 is 5.32 Å². The number of carboxylic acids is 1. The number of aliphatic carboxylic acids is 1. The van der Waals surface area contributed by atoms with Crippen molar-refractivity contribution in [3.63, 3.8) is 0 Å². The summed E-state index contributed by atoms with van der Waals surface area (Å²) in [6.07, 6.45) is 6.66. The van der Waals surface area contributed by atoms with E-state index in [1.54, 1.807) is 0 Å². The zero-order valence-electron chi connectivity index (χ0n) is 17.9. The van der Waals surface area contributed by atoms with Crippen molar-refractivity contribution >= 4 is 11.9 Å². The van der Waals surface area contributed by atoms with Crippen molar-refractivity contribution in [2.45, 2.75) is 37.1 Å². The van der Waals surface area contributed by atoms with Crippen LogP contribution in [-0.4, -0.2) is 23.0 Å². The lowest BCUT2D eigenvalue weighted by atomic mass is 9.67. The fourth-order valence-corrected chi connectivity index (χ4v) is 4.13. The van der Waals surface area contributed by atoms with Crippen LogP contribution >= 0.6 is 0 Å². The third-order valence-electron chi connectivity index (χ3n) is 5.67. The molecule has 0 aliphatic carbocycles. The van der Waals surface area contributed by atoms with Crippen LogP contribution in [0.2, 0.25) is 0 Å². The lowest BCUT2D eigenvalue weighted by Crippen LogP contribution is -2.44. The topological polar surface area (TPSA) is 66.4 Å². The van der Waals surface area contributed by atoms with Gasteiger partial charge in [-0.3, -0.25) is 4.79 Å². The fraction of sp³-hybridized carbons (Fsp3) is 0.214. The number of rotatable bonds is 10. The maximum atomic E-state index is 13.3. The van der Waals surface area contributed by atoms with Crippen molar-refractivity contribution < 1.29 is 14.7 Å². The summed E-state index contributed by atoms with van der Waals surface area (Å²) in [5.74, 6) is 1.13. The van der Waals surface area contributed by atoms with Crippen molar-refractivity contribution in [1.29, 1.82) is 0 Å². The summed E-state index contributed by atoms with van der Waals surface area (Å²) in [5.41, 5.74) is 2.13. The molecule has 0 spiro atoms. The molecule has 32 heavy (non-hydrogen) atoms. The summed E-state index contributed by atoms with van der Waals surface area (Å²) < 4.78 is 0. The Kier molecular flexibility index (Phi) is 7.83. The summed E-state index contributed by atoms with van der Waals surface area (Å²) in [5, 5.41) is 12.3. The molecule has 162 valence electrons. The van der Waals surface area contributed by atoms with E-state index in [0.29, 0.717) is 19.3 Å². The summed E-state index contributed by atoms with van der Waals surface area (Å²) in [7, 11) is 0. The molecule has 0 radical (unpaired) electrons. The molecule has 0 fully saturated rings. The number of benzene rings is 3. The van der Waals surface area contributed by atoms with Gasteiger partial charge in [0.2, 0.25) is 5.91 Å². The van der Waals surface area contributed by atoms with Gasteiger partial charge in [0.25, 0.3) is 0 Å². The van der Waals surface area contributed by atoms with E-state index in [-0.39, 0.29) is 12.3 Å². The second-order valence-electron chi connectivity index (χ2n) is 7.73. The minimum atomic E-state index is -1.06. The molecule has 3 aromatic carbocycles. The van der Waals surface area contributed by atoms with Gasteiger partial charge in [0.05, 0.1) is 5.41 Å². The summed E-state index contributed by atoms with van der Waals surface area (Å²) >= 11 is 0. The van der Waals surface area contributed by atoms with E-state index in [0.717, 1.165) is 16.7 Å². The van der Waals surface area contributed by atoms with Crippen LogP contribution in [0.3, 0.4) is 0 Å². The number of unbranched alkanes of at least 4 members (excludes halogenated alkanes) is 1. The molecule has 1 atom stereocenters. The quantitative estimate of drug-likeness (QED) is 0.279. The molecule has 0 unspecified atom stereocenters. The number of amides is 1. The van der Waals surface area contributed by atoms with Gasteiger partial charge in [-0.15, -0.1) is 12.3 Å². The number of nitrogens with one attached hydrogen (secondary N) is 1. The van der Waals surface area contributed by atoms with Crippen LogP contribution in [0.25, 0.3) is 0 Å². The molecule has 0 aliphatic rings. The van der Waals surface area contributed by atoms with Gasteiger partial charge in [0.1, 0.15) is 6.04 Å². The number of terminal acetylenes is 1. The first kappa shape index (κ1) is 22.8. The summed E-state index contributed by atoms with van der Waals surface area (Å²) in [6, 6.07) is 28.6. The van der Waals surface area contributed by atoms with Crippen molar-refractivity contribution in [3.05, 3.63) is 108 Å². The molecule has 3 aromatic rings. The number of carbonyl (C=O) groups is 2. The highest BCUT2D eigenvalue weighted by Gasteiger charge is 2.39. The Bertz CT molecular complexity index is 959. The number of hydrogen-bond acceptors (Lipinski definition) is 2. The third kappa shape index (κ3) is 5.25. The van der Waals surface area contributed by atoms with Crippen molar-refractivity contribution in [2.24, 2.45) is 0 Å². The van der Waals surface area contributed by atoms with Crippen molar-refractivity contribution in [3.8, 4) is 12.3 Å². The van der Waals surface area contributed by atoms with E-state index in [9.17, 15) is 14.7 Å². The van der Waals surface area contributed by atoms with Gasteiger partial charge in [-0.05, 0) is 29.5 Å². The molecule has 0 aliphatic heterocycles. The van der Waals surface area contributed by atoms with E-state index < -0.39 is 17.4 Å². The summed E-state index contributed by atoms with van der Waals surface area (Å²) in [4.78, 5) is 25.0. The molecule has 0 aromatic heterocycles. The predicted octanol–water partition coefficient (Wildman–Crippen LogP) is 4.78. The predicted molar refractivity (Wildman–Crippen MR) is 126 cm³/mol. The lowest BCUT2D eigenvalue weighted by molar-refractivity contribution is -0.142. The Hall–Kier alpha value is -3.84. The molecule has 3 rings (SSSR count). The molecule has 0 bridgehead atoms. The second kappa shape index (κ2) is 11.0. The Morgan fingerprint density at radius 2 is 1.28 bits per heavy atom. The first-order chi connectivity index (χ1) is 15.6. The van der Waals surface area contributed by atoms with Gasteiger partial charge in [0, 0.05) is 12.8 Å². The normalized spacial score (nSPS) is 11.8. The highest BCUT2D eigenvalue weighted by atomic mass is 16.4. The van der Waals surface area contributed by atoms with Crippen LogP contribution in [0, 0.1) is 12.3 Å². The Morgan fingerprint density at radius 1 is 0.844 bits per heavy atom. The molecular weight excluding hydrogens is 398 g/mol. The van der Waals surface area contributed by atoms with Gasteiger partial charge >= 0.3 is 5.97 Å². The Balaban J connectivity index is 2.04. The Morgan fingerprint density at radius 3 is 1.66 bits per heavy atom. The zero-order valence-corrected chi connectivity index (χ0v) is 17.9. The average molecular weight is 426 g/mol. The van der Waals surface area contributed by atoms with Gasteiger partial charge in [-0.1, -0.05) is 91.0 Å². The van der Waals surface area contributed by atoms with Gasteiger partial charge in [-0.2, -0.15) is 0 Å². The highest BCUT2D eigenvalue weighted by Crippen LogP contribution is 2.42. The average Bonchev–Trinajstić information content (AvgIpc) is 2.83. The maximum Gasteiger partial charge on any atom is 0.326 e.